The Hall–Kier alpha value is 0.870. The monoisotopic (exact) mass is 102 g/mol. The van der Waals surface area contributed by atoms with E-state index in [1.165, 1.54) is 17.0 Å². The van der Waals surface area contributed by atoms with Gasteiger partial charge in [-0.05, 0) is 0 Å². The second-order valence-corrected chi connectivity index (χ2v) is 2.04. The van der Waals surface area contributed by atoms with Gasteiger partial charge in [-0.2, -0.15) is 0 Å². The topological polar surface area (TPSA) is 0 Å². The third kappa shape index (κ3) is 4.87. The van der Waals surface area contributed by atoms with Crippen molar-refractivity contribution in [1.29, 1.82) is 0 Å². The first kappa shape index (κ1) is 5.87. The van der Waals surface area contributed by atoms with Crippen LogP contribution in [-0.4, -0.2) is 0 Å². The summed E-state index contributed by atoms with van der Waals surface area (Å²) in [6.07, 6.45) is 2.78. The van der Waals surface area contributed by atoms with E-state index >= 15 is 0 Å². The molecule has 1 heteroatoms. The van der Waals surface area contributed by atoms with Gasteiger partial charge in [0.25, 0.3) is 0 Å². The maximum atomic E-state index is 2.22. The van der Waals surface area contributed by atoms with Gasteiger partial charge in [0, 0.05) is 0 Å². The van der Waals surface area contributed by atoms with Crippen LogP contribution < -0.4 is 0 Å². The van der Waals surface area contributed by atoms with Gasteiger partial charge in [-0.1, -0.05) is 0 Å². The fourth-order valence-corrected chi connectivity index (χ4v) is 0.842. The number of unbranched alkanes of at least 4 members (excludes halogenated alkanes) is 1. The van der Waals surface area contributed by atoms with Gasteiger partial charge in [-0.25, -0.2) is 0 Å². The SMILES string of the molecule is CCC[CH2][Sc]. The molecule has 0 spiro atoms. The molecule has 0 amide bonds. The zero-order valence-electron chi connectivity index (χ0n) is 3.70. The molecule has 0 nitrogen and oxygen atoms in total. The van der Waals surface area contributed by atoms with Gasteiger partial charge < -0.3 is 0 Å². The fraction of sp³-hybridized carbons (Fsp3) is 1.00. The average Bonchev–Trinajstić information content (AvgIpc) is 1.41. The summed E-state index contributed by atoms with van der Waals surface area (Å²) in [4.78, 5) is 0. The predicted octanol–water partition coefficient (Wildman–Crippen LogP) is 1.75. The molecule has 0 aromatic heterocycles. The zero-order valence-corrected chi connectivity index (χ0v) is 5.50. The summed E-state index contributed by atoms with van der Waals surface area (Å²) < 4.78 is 1.41. The minimum absolute atomic E-state index is 1.36. The van der Waals surface area contributed by atoms with Gasteiger partial charge >= 0.3 is 48.3 Å². The molecular weight excluding hydrogens is 93.0 g/mol. The van der Waals surface area contributed by atoms with E-state index in [9.17, 15) is 0 Å². The van der Waals surface area contributed by atoms with Crippen molar-refractivity contribution in [1.82, 2.24) is 0 Å². The van der Waals surface area contributed by atoms with Crippen LogP contribution in [0.4, 0.5) is 0 Å². The molecule has 0 bridgehead atoms. The first-order valence-corrected chi connectivity index (χ1v) is 3.39. The van der Waals surface area contributed by atoms with E-state index in [-0.39, 0.29) is 0 Å². The Balaban J connectivity index is 2.19. The summed E-state index contributed by atoms with van der Waals surface area (Å²) in [6.45, 7) is 2.22. The minimum atomic E-state index is 1.36. The summed E-state index contributed by atoms with van der Waals surface area (Å²) >= 11 is 1.85. The van der Waals surface area contributed by atoms with Crippen LogP contribution in [0.15, 0.2) is 0 Å². The first-order valence-electron chi connectivity index (χ1n) is 2.12. The van der Waals surface area contributed by atoms with Crippen molar-refractivity contribution in [3.8, 4) is 0 Å². The third-order valence-electron chi connectivity index (χ3n) is 0.558. The summed E-state index contributed by atoms with van der Waals surface area (Å²) in [6, 6.07) is 0. The standard InChI is InChI=1S/C4H9.Sc/c1-3-4-2;/h1,3-4H2,2H3;. The molecule has 28 valence electrons. The molecule has 0 heterocycles. The first-order chi connectivity index (χ1) is 2.41. The summed E-state index contributed by atoms with van der Waals surface area (Å²) in [5.41, 5.74) is 0. The molecule has 0 aliphatic carbocycles. The maximum absolute atomic E-state index is 2.22. The van der Waals surface area contributed by atoms with Crippen molar-refractivity contribution in [2.24, 2.45) is 0 Å². The van der Waals surface area contributed by atoms with Crippen LogP contribution in [-0.2, 0) is 24.4 Å². The molecule has 5 heavy (non-hydrogen) atoms. The molecule has 0 aliphatic rings. The Morgan fingerprint density at radius 2 is 2.20 bits per heavy atom. The average molecular weight is 102 g/mol. The molecule has 0 saturated carbocycles. The van der Waals surface area contributed by atoms with Gasteiger partial charge in [0.15, 0.2) is 0 Å². The van der Waals surface area contributed by atoms with Crippen LogP contribution in [0.2, 0.25) is 4.18 Å². The Morgan fingerprint density at radius 3 is 2.20 bits per heavy atom. The normalized spacial score (nSPS) is 8.00. The van der Waals surface area contributed by atoms with E-state index in [1.54, 1.807) is 0 Å². The van der Waals surface area contributed by atoms with E-state index in [0.29, 0.717) is 0 Å². The molecular formula is C4H9Sc. The van der Waals surface area contributed by atoms with Crippen LogP contribution in [0.1, 0.15) is 19.8 Å². The van der Waals surface area contributed by atoms with Gasteiger partial charge in [-0.3, -0.25) is 0 Å². The van der Waals surface area contributed by atoms with Gasteiger partial charge in [-0.15, -0.1) is 0 Å². The van der Waals surface area contributed by atoms with Crippen molar-refractivity contribution in [3.63, 3.8) is 0 Å². The van der Waals surface area contributed by atoms with Crippen LogP contribution in [0.25, 0.3) is 0 Å². The Morgan fingerprint density at radius 1 is 1.60 bits per heavy atom. The molecule has 0 aliphatic heterocycles. The van der Waals surface area contributed by atoms with Crippen LogP contribution >= 0.6 is 0 Å². The Bertz CT molecular complexity index is 11.1. The molecule has 0 rings (SSSR count). The Kier molecular flexibility index (Phi) is 5.72. The zero-order chi connectivity index (χ0) is 4.12. The van der Waals surface area contributed by atoms with Crippen molar-refractivity contribution in [2.45, 2.75) is 23.9 Å². The van der Waals surface area contributed by atoms with E-state index in [0.717, 1.165) is 0 Å². The van der Waals surface area contributed by atoms with E-state index in [1.807, 2.05) is 24.4 Å². The predicted molar refractivity (Wildman–Crippen MR) is 19.7 cm³/mol. The number of hydrogen-bond acceptors (Lipinski definition) is 0. The Labute approximate surface area is 48.5 Å². The van der Waals surface area contributed by atoms with Gasteiger partial charge in [0.1, 0.15) is 0 Å². The molecule has 0 fully saturated rings. The molecule has 0 atom stereocenters. The fourth-order valence-electron chi connectivity index (χ4n) is 0.204. The van der Waals surface area contributed by atoms with Gasteiger partial charge in [0.05, 0.1) is 0 Å². The molecule has 0 aromatic carbocycles. The van der Waals surface area contributed by atoms with Crippen LogP contribution in [0.5, 0.6) is 0 Å². The molecule has 0 unspecified atom stereocenters. The van der Waals surface area contributed by atoms with Crippen molar-refractivity contribution in [2.75, 3.05) is 0 Å². The van der Waals surface area contributed by atoms with E-state index in [4.69, 9.17) is 0 Å². The van der Waals surface area contributed by atoms with Gasteiger partial charge in [0.2, 0.25) is 0 Å². The van der Waals surface area contributed by atoms with Crippen molar-refractivity contribution >= 4 is 0 Å². The quantitative estimate of drug-likeness (QED) is 0.498. The number of rotatable bonds is 2. The third-order valence-corrected chi connectivity index (χ3v) is 1.20. The summed E-state index contributed by atoms with van der Waals surface area (Å²) in [5, 5.41) is 0. The molecule has 0 radical (unpaired) electrons. The molecule has 0 N–H and O–H groups in total. The summed E-state index contributed by atoms with van der Waals surface area (Å²) in [5.74, 6) is 0. The second-order valence-electron chi connectivity index (χ2n) is 1.14. The molecule has 0 aromatic rings. The van der Waals surface area contributed by atoms with Crippen molar-refractivity contribution < 1.29 is 24.4 Å². The van der Waals surface area contributed by atoms with Crippen molar-refractivity contribution in [3.05, 3.63) is 0 Å². The van der Waals surface area contributed by atoms with E-state index in [2.05, 4.69) is 6.92 Å². The van der Waals surface area contributed by atoms with E-state index < -0.39 is 0 Å². The summed E-state index contributed by atoms with van der Waals surface area (Å²) in [7, 11) is 0. The van der Waals surface area contributed by atoms with Crippen LogP contribution in [0.3, 0.4) is 0 Å². The second kappa shape index (κ2) is 4.87. The van der Waals surface area contributed by atoms with Crippen LogP contribution in [0, 0.1) is 0 Å². The molecule has 0 saturated heterocycles. The number of hydrogen-bond donors (Lipinski definition) is 0.